The average molecular weight is 246 g/mol. The van der Waals surface area contributed by atoms with Gasteiger partial charge in [-0.2, -0.15) is 0 Å². The van der Waals surface area contributed by atoms with Gasteiger partial charge in [0, 0.05) is 0 Å². The summed E-state index contributed by atoms with van der Waals surface area (Å²) in [6, 6.07) is 10.3. The molecule has 0 radical (unpaired) electrons. The molecule has 0 N–H and O–H groups in total. The van der Waals surface area contributed by atoms with Gasteiger partial charge in [0.2, 0.25) is 0 Å². The summed E-state index contributed by atoms with van der Waals surface area (Å²) >= 11 is 0. The van der Waals surface area contributed by atoms with Crippen LogP contribution in [-0.4, -0.2) is 0 Å². The third-order valence-electron chi connectivity index (χ3n) is 1.75. The molecule has 0 fully saturated rings. The molecule has 0 atom stereocenters. The summed E-state index contributed by atoms with van der Waals surface area (Å²) < 4.78 is 0. The van der Waals surface area contributed by atoms with E-state index in [0.717, 1.165) is 0 Å². The van der Waals surface area contributed by atoms with E-state index in [-0.39, 0.29) is 7.43 Å². The fourth-order valence-electron chi connectivity index (χ4n) is 1.19. The first-order valence-electron chi connectivity index (χ1n) is 6.39. The number of rotatable bonds is 3. The second-order valence-electron chi connectivity index (χ2n) is 2.72. The quantitative estimate of drug-likeness (QED) is 0.532. The van der Waals surface area contributed by atoms with Crippen molar-refractivity contribution in [3.63, 3.8) is 0 Å². The van der Waals surface area contributed by atoms with Crippen molar-refractivity contribution in [2.75, 3.05) is 0 Å². The highest BCUT2D eigenvalue weighted by atomic mass is 14.0. The third-order valence-corrected chi connectivity index (χ3v) is 1.75. The van der Waals surface area contributed by atoms with Crippen molar-refractivity contribution in [3.8, 4) is 0 Å². The van der Waals surface area contributed by atoms with E-state index in [0.29, 0.717) is 0 Å². The highest BCUT2D eigenvalue weighted by Gasteiger charge is 1.93. The maximum Gasteiger partial charge on any atom is -0.0184 e. The minimum absolute atomic E-state index is 0. The molecule has 0 aliphatic heterocycles. The number of hydrogen-bond donors (Lipinski definition) is 0. The van der Waals surface area contributed by atoms with Crippen molar-refractivity contribution in [3.05, 3.63) is 66.8 Å². The molecule has 0 aliphatic rings. The van der Waals surface area contributed by atoms with Crippen LogP contribution in [0.1, 0.15) is 47.6 Å². The van der Waals surface area contributed by atoms with Crippen molar-refractivity contribution in [2.24, 2.45) is 0 Å². The SMILES string of the molecule is C.C=C/C=C(\C=C/C)c1ccccc1.CC.CC. The van der Waals surface area contributed by atoms with Crippen LogP contribution in [0.4, 0.5) is 0 Å². The molecule has 0 aliphatic carbocycles. The lowest BCUT2D eigenvalue weighted by atomic mass is 10.1. The van der Waals surface area contributed by atoms with Crippen LogP contribution >= 0.6 is 0 Å². The van der Waals surface area contributed by atoms with E-state index in [1.54, 1.807) is 0 Å². The van der Waals surface area contributed by atoms with Gasteiger partial charge in [0.15, 0.2) is 0 Å². The Kier molecular flexibility index (Phi) is 21.5. The Balaban J connectivity index is -0.000000409. The molecule has 0 bridgehead atoms. The predicted octanol–water partition coefficient (Wildman–Crippen LogP) is 6.52. The highest BCUT2D eigenvalue weighted by Crippen LogP contribution is 2.15. The lowest BCUT2D eigenvalue weighted by Crippen LogP contribution is -1.78. The van der Waals surface area contributed by atoms with E-state index < -0.39 is 0 Å². The fraction of sp³-hybridized carbons (Fsp3) is 0.333. The van der Waals surface area contributed by atoms with Crippen LogP contribution in [0.25, 0.3) is 5.57 Å². The van der Waals surface area contributed by atoms with E-state index in [1.807, 2.05) is 71.0 Å². The largest absolute Gasteiger partial charge is 0.0990 e. The molecule has 0 aromatic heterocycles. The first-order valence-corrected chi connectivity index (χ1v) is 6.39. The zero-order valence-corrected chi connectivity index (χ0v) is 11.9. The molecule has 0 saturated carbocycles. The summed E-state index contributed by atoms with van der Waals surface area (Å²) in [4.78, 5) is 0. The smallest absolute Gasteiger partial charge is 0.0184 e. The second kappa shape index (κ2) is 17.8. The summed E-state index contributed by atoms with van der Waals surface area (Å²) in [7, 11) is 0. The normalized spacial score (nSPS) is 9.28. The molecule has 0 unspecified atom stereocenters. The molecule has 18 heavy (non-hydrogen) atoms. The van der Waals surface area contributed by atoms with Gasteiger partial charge in [-0.15, -0.1) is 0 Å². The van der Waals surface area contributed by atoms with Crippen molar-refractivity contribution >= 4 is 5.57 Å². The summed E-state index contributed by atoms with van der Waals surface area (Å²) in [6.45, 7) is 13.7. The van der Waals surface area contributed by atoms with Crippen LogP contribution in [0.3, 0.4) is 0 Å². The molecule has 0 heterocycles. The van der Waals surface area contributed by atoms with Crippen molar-refractivity contribution in [1.82, 2.24) is 0 Å². The molecule has 0 saturated heterocycles. The van der Waals surface area contributed by atoms with E-state index >= 15 is 0 Å². The van der Waals surface area contributed by atoms with Gasteiger partial charge in [0.05, 0.1) is 0 Å². The monoisotopic (exact) mass is 246 g/mol. The minimum atomic E-state index is 0. The highest BCUT2D eigenvalue weighted by molar-refractivity contribution is 5.74. The van der Waals surface area contributed by atoms with E-state index in [2.05, 4.69) is 24.8 Å². The van der Waals surface area contributed by atoms with Crippen LogP contribution in [0.15, 0.2) is 61.2 Å². The topological polar surface area (TPSA) is 0 Å². The number of hydrogen-bond acceptors (Lipinski definition) is 0. The van der Waals surface area contributed by atoms with Gasteiger partial charge in [-0.25, -0.2) is 0 Å². The lowest BCUT2D eigenvalue weighted by Gasteiger charge is -1.99. The average Bonchev–Trinajstić information content (AvgIpc) is 2.44. The predicted molar refractivity (Wildman–Crippen MR) is 88.9 cm³/mol. The Bertz CT molecular complexity index is 315. The molecule has 1 rings (SSSR count). The molecule has 0 spiro atoms. The minimum Gasteiger partial charge on any atom is -0.0990 e. The molecule has 1 aromatic rings. The number of benzene rings is 1. The molecule has 1 aromatic carbocycles. The molecule has 0 amide bonds. The Morgan fingerprint density at radius 1 is 1.00 bits per heavy atom. The van der Waals surface area contributed by atoms with E-state index in [9.17, 15) is 0 Å². The van der Waals surface area contributed by atoms with Crippen molar-refractivity contribution in [2.45, 2.75) is 42.0 Å². The summed E-state index contributed by atoms with van der Waals surface area (Å²) in [5, 5.41) is 0. The van der Waals surface area contributed by atoms with Gasteiger partial charge in [-0.05, 0) is 18.1 Å². The van der Waals surface area contributed by atoms with Crippen LogP contribution < -0.4 is 0 Å². The van der Waals surface area contributed by atoms with Gasteiger partial charge < -0.3 is 0 Å². The Hall–Kier alpha value is -1.56. The summed E-state index contributed by atoms with van der Waals surface area (Å²) in [6.07, 6.45) is 7.93. The number of allylic oxidation sites excluding steroid dienone is 5. The van der Waals surface area contributed by atoms with Gasteiger partial charge in [-0.1, -0.05) is 96.3 Å². The maximum absolute atomic E-state index is 3.70. The van der Waals surface area contributed by atoms with Crippen molar-refractivity contribution in [1.29, 1.82) is 0 Å². The van der Waals surface area contributed by atoms with E-state index in [4.69, 9.17) is 0 Å². The zero-order valence-electron chi connectivity index (χ0n) is 11.9. The van der Waals surface area contributed by atoms with Crippen LogP contribution in [0, 0.1) is 0 Å². The first kappa shape index (κ1) is 21.7. The fourth-order valence-corrected chi connectivity index (χ4v) is 1.19. The standard InChI is InChI=1S/C13H14.2C2H6.CH4/c1-3-8-12(9-4-2)13-10-6-5-7-11-13;2*1-2;/h3-11H,1H2,2H3;2*1-2H3;1H4/b9-4-,12-8+;;;. The summed E-state index contributed by atoms with van der Waals surface area (Å²) in [5.74, 6) is 0. The van der Waals surface area contributed by atoms with E-state index in [1.165, 1.54) is 11.1 Å². The van der Waals surface area contributed by atoms with Gasteiger partial charge >= 0.3 is 0 Å². The maximum atomic E-state index is 3.70. The molecular formula is C18H30. The van der Waals surface area contributed by atoms with Crippen LogP contribution in [0.5, 0.6) is 0 Å². The summed E-state index contributed by atoms with van der Waals surface area (Å²) in [5.41, 5.74) is 2.42. The lowest BCUT2D eigenvalue weighted by molar-refractivity contribution is 1.50. The molecule has 0 heteroatoms. The third kappa shape index (κ3) is 9.65. The van der Waals surface area contributed by atoms with Gasteiger partial charge in [0.1, 0.15) is 0 Å². The second-order valence-corrected chi connectivity index (χ2v) is 2.72. The Morgan fingerprint density at radius 2 is 1.50 bits per heavy atom. The molecule has 0 nitrogen and oxygen atoms in total. The Labute approximate surface area is 115 Å². The molecular weight excluding hydrogens is 216 g/mol. The first-order chi connectivity index (χ1) is 8.38. The molecule has 102 valence electrons. The van der Waals surface area contributed by atoms with Gasteiger partial charge in [-0.3, -0.25) is 0 Å². The van der Waals surface area contributed by atoms with Crippen LogP contribution in [0.2, 0.25) is 0 Å². The van der Waals surface area contributed by atoms with Gasteiger partial charge in [0.25, 0.3) is 0 Å². The Morgan fingerprint density at radius 3 is 1.89 bits per heavy atom. The zero-order chi connectivity index (χ0) is 13.5. The van der Waals surface area contributed by atoms with Crippen molar-refractivity contribution < 1.29 is 0 Å². The van der Waals surface area contributed by atoms with Crippen LogP contribution in [-0.2, 0) is 0 Å².